The van der Waals surface area contributed by atoms with E-state index in [-0.39, 0.29) is 18.8 Å². The Morgan fingerprint density at radius 1 is 1.05 bits per heavy atom. The third-order valence-electron chi connectivity index (χ3n) is 2.58. The molecule has 0 aliphatic rings. The topological polar surface area (TPSA) is 56.5 Å². The highest BCUT2D eigenvalue weighted by molar-refractivity contribution is 6.17. The number of carbonyl (C=O) groups is 2. The van der Waals surface area contributed by atoms with Crippen molar-refractivity contribution in [1.82, 2.24) is 0 Å². The van der Waals surface area contributed by atoms with Crippen molar-refractivity contribution in [3.63, 3.8) is 0 Å². The van der Waals surface area contributed by atoms with Gasteiger partial charge in [-0.05, 0) is 32.4 Å². The number of nitrogens with zero attached hydrogens (tertiary/aromatic N) is 1. The molecule has 0 bridgehead atoms. The zero-order valence-electron chi connectivity index (χ0n) is 12.1. The summed E-state index contributed by atoms with van der Waals surface area (Å²) in [6, 6.07) is 3.64. The maximum absolute atomic E-state index is 11.8. The maximum Gasteiger partial charge on any atom is 0.345 e. The van der Waals surface area contributed by atoms with Crippen LogP contribution >= 0.6 is 0 Å². The Kier molecular flexibility index (Phi) is 6.43. The number of esters is 2. The van der Waals surface area contributed by atoms with Gasteiger partial charge in [0.25, 0.3) is 0 Å². The third-order valence-corrected chi connectivity index (χ3v) is 2.58. The number of carbonyl (C=O) groups excluding carboxylic acids is 2. The Hall–Kier alpha value is -2.17. The molecule has 0 aliphatic carbocycles. The van der Waals surface area contributed by atoms with E-state index < -0.39 is 11.9 Å². The van der Waals surface area contributed by atoms with Crippen molar-refractivity contribution < 1.29 is 23.6 Å². The Bertz CT molecular complexity index is 471. The zero-order valence-corrected chi connectivity index (χ0v) is 12.1. The highest BCUT2D eigenvalue weighted by Crippen LogP contribution is 2.09. The Morgan fingerprint density at radius 2 is 1.55 bits per heavy atom. The molecule has 0 amide bonds. The van der Waals surface area contributed by atoms with Crippen LogP contribution < -0.4 is 4.57 Å². The van der Waals surface area contributed by atoms with E-state index in [1.807, 2.05) is 36.0 Å². The molecule has 0 aromatic carbocycles. The lowest BCUT2D eigenvalue weighted by molar-refractivity contribution is -0.693. The molecular formula is C15H20NO4+. The monoisotopic (exact) mass is 278 g/mol. The largest absolute Gasteiger partial charge is 0.462 e. The van der Waals surface area contributed by atoms with Gasteiger partial charge in [0.1, 0.15) is 12.1 Å². The van der Waals surface area contributed by atoms with Gasteiger partial charge in [-0.3, -0.25) is 0 Å². The van der Waals surface area contributed by atoms with E-state index in [4.69, 9.17) is 9.47 Å². The minimum atomic E-state index is -0.668. The molecule has 1 heterocycles. The number of hydrogen-bond acceptors (Lipinski definition) is 4. The summed E-state index contributed by atoms with van der Waals surface area (Å²) in [4.78, 5) is 23.6. The summed E-state index contributed by atoms with van der Waals surface area (Å²) < 4.78 is 11.7. The van der Waals surface area contributed by atoms with Crippen molar-refractivity contribution >= 4 is 18.0 Å². The lowest BCUT2D eigenvalue weighted by Gasteiger charge is -2.06. The first-order chi connectivity index (χ1) is 9.62. The second-order valence-electron chi connectivity index (χ2n) is 3.96. The summed E-state index contributed by atoms with van der Waals surface area (Å²) in [6.07, 6.45) is 5.23. The van der Waals surface area contributed by atoms with E-state index in [1.54, 1.807) is 13.8 Å². The van der Waals surface area contributed by atoms with E-state index >= 15 is 0 Å². The van der Waals surface area contributed by atoms with Gasteiger partial charge < -0.3 is 9.47 Å². The Balaban J connectivity index is 3.03. The quantitative estimate of drug-likeness (QED) is 0.260. The average molecular weight is 278 g/mol. The standard InChI is InChI=1S/C15H20NO4/c1-4-16-9-7-12(8-10-16)11-13(14(17)19-5-2)15(18)20-6-3/h7-11H,4-6H2,1-3H3/q+1. The third kappa shape index (κ3) is 4.50. The van der Waals surface area contributed by atoms with Crippen molar-refractivity contribution in [1.29, 1.82) is 0 Å². The number of rotatable bonds is 6. The molecule has 5 heteroatoms. The Morgan fingerprint density at radius 3 is 1.95 bits per heavy atom. The van der Waals surface area contributed by atoms with Gasteiger partial charge in [-0.1, -0.05) is 0 Å². The van der Waals surface area contributed by atoms with Crippen LogP contribution in [0.2, 0.25) is 0 Å². The van der Waals surface area contributed by atoms with Crippen LogP contribution in [-0.4, -0.2) is 25.2 Å². The molecule has 0 atom stereocenters. The predicted molar refractivity (Wildman–Crippen MR) is 73.6 cm³/mol. The summed E-state index contributed by atoms with van der Waals surface area (Å²) in [6.45, 7) is 6.67. The van der Waals surface area contributed by atoms with Gasteiger partial charge >= 0.3 is 11.9 Å². The van der Waals surface area contributed by atoms with E-state index in [0.717, 1.165) is 12.1 Å². The van der Waals surface area contributed by atoms with Gasteiger partial charge in [0.2, 0.25) is 0 Å². The molecule has 1 rings (SSSR count). The molecular weight excluding hydrogens is 258 g/mol. The highest BCUT2D eigenvalue weighted by atomic mass is 16.6. The minimum absolute atomic E-state index is 0.0945. The normalized spacial score (nSPS) is 9.75. The van der Waals surface area contributed by atoms with Crippen LogP contribution in [0.1, 0.15) is 26.3 Å². The zero-order chi connectivity index (χ0) is 15.0. The molecule has 0 saturated carbocycles. The van der Waals surface area contributed by atoms with Gasteiger partial charge in [0.05, 0.1) is 13.2 Å². The molecule has 0 radical (unpaired) electrons. The summed E-state index contributed by atoms with van der Waals surface area (Å²) >= 11 is 0. The molecule has 0 saturated heterocycles. The van der Waals surface area contributed by atoms with E-state index in [1.165, 1.54) is 6.08 Å². The minimum Gasteiger partial charge on any atom is -0.462 e. The second-order valence-corrected chi connectivity index (χ2v) is 3.96. The van der Waals surface area contributed by atoms with Crippen molar-refractivity contribution in [3.8, 4) is 0 Å². The van der Waals surface area contributed by atoms with Gasteiger partial charge in [-0.25, -0.2) is 14.2 Å². The van der Waals surface area contributed by atoms with Crippen LogP contribution in [0.15, 0.2) is 30.1 Å². The Labute approximate surface area is 118 Å². The van der Waals surface area contributed by atoms with E-state index in [0.29, 0.717) is 0 Å². The van der Waals surface area contributed by atoms with Crippen molar-refractivity contribution in [3.05, 3.63) is 35.7 Å². The van der Waals surface area contributed by atoms with Crippen LogP contribution in [0.4, 0.5) is 0 Å². The fourth-order valence-corrected chi connectivity index (χ4v) is 1.56. The number of pyridine rings is 1. The smallest absolute Gasteiger partial charge is 0.345 e. The van der Waals surface area contributed by atoms with Gasteiger partial charge in [-0.2, -0.15) is 0 Å². The first-order valence-electron chi connectivity index (χ1n) is 6.67. The molecule has 1 aromatic rings. The molecule has 0 aliphatic heterocycles. The van der Waals surface area contributed by atoms with Crippen LogP contribution in [0, 0.1) is 0 Å². The fourth-order valence-electron chi connectivity index (χ4n) is 1.56. The van der Waals surface area contributed by atoms with Gasteiger partial charge in [0.15, 0.2) is 12.4 Å². The maximum atomic E-state index is 11.8. The molecule has 5 nitrogen and oxygen atoms in total. The summed E-state index contributed by atoms with van der Waals surface area (Å²) in [7, 11) is 0. The average Bonchev–Trinajstić information content (AvgIpc) is 2.45. The first-order valence-corrected chi connectivity index (χ1v) is 6.67. The summed E-state index contributed by atoms with van der Waals surface area (Å²) in [5.74, 6) is -1.34. The van der Waals surface area contributed by atoms with Crippen LogP contribution in [0.5, 0.6) is 0 Å². The van der Waals surface area contributed by atoms with Gasteiger partial charge in [0, 0.05) is 12.1 Å². The number of aryl methyl sites for hydroxylation is 1. The SMILES string of the molecule is CCOC(=O)C(=Cc1cc[n+](CC)cc1)C(=O)OCC. The highest BCUT2D eigenvalue weighted by Gasteiger charge is 2.21. The van der Waals surface area contributed by atoms with Crippen molar-refractivity contribution in [2.75, 3.05) is 13.2 Å². The molecule has 0 spiro atoms. The van der Waals surface area contributed by atoms with E-state index in [2.05, 4.69) is 0 Å². The molecule has 0 N–H and O–H groups in total. The summed E-state index contributed by atoms with van der Waals surface area (Å²) in [5.41, 5.74) is 0.647. The van der Waals surface area contributed by atoms with Crippen molar-refractivity contribution in [2.24, 2.45) is 0 Å². The second kappa shape index (κ2) is 8.09. The fraction of sp³-hybridized carbons (Fsp3) is 0.400. The molecule has 0 unspecified atom stereocenters. The number of aromatic nitrogens is 1. The molecule has 0 fully saturated rings. The van der Waals surface area contributed by atoms with Crippen LogP contribution in [0.25, 0.3) is 6.08 Å². The van der Waals surface area contributed by atoms with Crippen LogP contribution in [-0.2, 0) is 25.6 Å². The van der Waals surface area contributed by atoms with Crippen molar-refractivity contribution in [2.45, 2.75) is 27.3 Å². The molecule has 20 heavy (non-hydrogen) atoms. The predicted octanol–water partition coefficient (Wildman–Crippen LogP) is 1.50. The lowest BCUT2D eigenvalue weighted by atomic mass is 10.1. The first kappa shape index (κ1) is 15.9. The van der Waals surface area contributed by atoms with Crippen LogP contribution in [0.3, 0.4) is 0 Å². The van der Waals surface area contributed by atoms with Gasteiger partial charge in [-0.15, -0.1) is 0 Å². The summed E-state index contributed by atoms with van der Waals surface area (Å²) in [5, 5.41) is 0. The molecule has 108 valence electrons. The number of ether oxygens (including phenoxy) is 2. The number of hydrogen-bond donors (Lipinski definition) is 0. The van der Waals surface area contributed by atoms with E-state index in [9.17, 15) is 9.59 Å². The lowest BCUT2D eigenvalue weighted by Crippen LogP contribution is -2.30. The molecule has 1 aromatic heterocycles.